The second kappa shape index (κ2) is 7.64. The fraction of sp³-hybridized carbons (Fsp3) is 0.889. The van der Waals surface area contributed by atoms with E-state index in [2.05, 4.69) is 4.74 Å². The Hall–Kier alpha value is -0.740. The number of aliphatic hydroxyl groups is 2. The molecule has 0 saturated heterocycles. The van der Waals surface area contributed by atoms with Gasteiger partial charge in [-0.15, -0.1) is 0 Å². The molecule has 9 heteroatoms. The highest BCUT2D eigenvalue weighted by atomic mass is 32.2. The molecule has 0 bridgehead atoms. The molecule has 2 unspecified atom stereocenters. The van der Waals surface area contributed by atoms with Crippen LogP contribution in [0.2, 0.25) is 0 Å². The quantitative estimate of drug-likeness (QED) is 0.219. The zero-order valence-corrected chi connectivity index (χ0v) is 11.1. The zero-order chi connectivity index (χ0) is 14.3. The summed E-state index contributed by atoms with van der Waals surface area (Å²) in [5.41, 5.74) is 0. The number of carbonyl (C=O) groups excluding carboxylic acids is 1. The Morgan fingerprint density at radius 3 is 2.17 bits per heavy atom. The second-order valence-corrected chi connectivity index (χ2v) is 5.37. The summed E-state index contributed by atoms with van der Waals surface area (Å²) in [4.78, 5) is 12.4. The minimum atomic E-state index is -4.05. The smallest absolute Gasteiger partial charge is 0.320 e. The van der Waals surface area contributed by atoms with E-state index in [0.29, 0.717) is 0 Å². The van der Waals surface area contributed by atoms with Crippen LogP contribution in [0.25, 0.3) is 0 Å². The third-order valence-corrected chi connectivity index (χ3v) is 2.89. The van der Waals surface area contributed by atoms with Crippen molar-refractivity contribution in [3.63, 3.8) is 0 Å². The van der Waals surface area contributed by atoms with Gasteiger partial charge in [-0.2, -0.15) is 8.42 Å². The maximum Gasteiger partial charge on any atom is 0.320 e. The number of rotatable bonds is 8. The van der Waals surface area contributed by atoms with E-state index in [-0.39, 0.29) is 19.6 Å². The first kappa shape index (κ1) is 17.3. The van der Waals surface area contributed by atoms with E-state index >= 15 is 0 Å². The van der Waals surface area contributed by atoms with Crippen molar-refractivity contribution < 1.29 is 32.7 Å². The van der Waals surface area contributed by atoms with Crippen LogP contribution in [-0.4, -0.2) is 65.4 Å². The SMILES string of the molecule is CC(O)N(CC(=O)OCCCS(=O)(=O)O)C(C)O. The summed E-state index contributed by atoms with van der Waals surface area (Å²) in [6.45, 7) is 2.30. The molecule has 0 rings (SSSR count). The van der Waals surface area contributed by atoms with Crippen LogP contribution in [0.3, 0.4) is 0 Å². The maximum atomic E-state index is 11.3. The summed E-state index contributed by atoms with van der Waals surface area (Å²) in [6, 6.07) is 0. The average Bonchev–Trinajstić information content (AvgIpc) is 2.18. The van der Waals surface area contributed by atoms with Crippen molar-refractivity contribution in [2.75, 3.05) is 18.9 Å². The molecule has 3 N–H and O–H groups in total. The van der Waals surface area contributed by atoms with Gasteiger partial charge in [-0.25, -0.2) is 4.90 Å². The van der Waals surface area contributed by atoms with E-state index < -0.39 is 34.3 Å². The summed E-state index contributed by atoms with van der Waals surface area (Å²) in [5.74, 6) is -1.19. The Kier molecular flexibility index (Phi) is 7.33. The van der Waals surface area contributed by atoms with E-state index in [1.165, 1.54) is 13.8 Å². The van der Waals surface area contributed by atoms with Gasteiger partial charge in [0, 0.05) is 0 Å². The van der Waals surface area contributed by atoms with Gasteiger partial charge in [0.1, 0.15) is 19.0 Å². The number of aliphatic hydroxyl groups excluding tert-OH is 2. The third kappa shape index (κ3) is 8.37. The number of hydrogen-bond acceptors (Lipinski definition) is 7. The molecule has 0 aliphatic carbocycles. The number of carbonyl (C=O) groups is 1. The molecule has 0 aromatic carbocycles. The summed E-state index contributed by atoms with van der Waals surface area (Å²) in [6.07, 6.45) is -2.06. The Bertz CT molecular complexity index is 344. The van der Waals surface area contributed by atoms with E-state index in [9.17, 15) is 23.4 Å². The molecule has 0 radical (unpaired) electrons. The average molecular weight is 285 g/mol. The predicted octanol–water partition coefficient (Wildman–Crippen LogP) is -1.21. The highest BCUT2D eigenvalue weighted by Crippen LogP contribution is 2.01. The van der Waals surface area contributed by atoms with Gasteiger partial charge >= 0.3 is 5.97 Å². The zero-order valence-electron chi connectivity index (χ0n) is 10.3. The van der Waals surface area contributed by atoms with Crippen LogP contribution in [0.5, 0.6) is 0 Å². The Morgan fingerprint density at radius 1 is 1.28 bits per heavy atom. The number of esters is 1. The van der Waals surface area contributed by atoms with Crippen LogP contribution in [0.1, 0.15) is 20.3 Å². The monoisotopic (exact) mass is 285 g/mol. The molecular formula is C9H19NO7S. The van der Waals surface area contributed by atoms with Gasteiger partial charge in [0.15, 0.2) is 0 Å². The predicted molar refractivity (Wildman–Crippen MR) is 62.1 cm³/mol. The van der Waals surface area contributed by atoms with Gasteiger partial charge in [0.2, 0.25) is 0 Å². The molecule has 0 aliphatic rings. The number of hydrogen-bond donors (Lipinski definition) is 3. The molecule has 18 heavy (non-hydrogen) atoms. The van der Waals surface area contributed by atoms with Gasteiger partial charge in [0.25, 0.3) is 10.1 Å². The Morgan fingerprint density at radius 2 is 1.78 bits per heavy atom. The first-order valence-electron chi connectivity index (χ1n) is 5.36. The van der Waals surface area contributed by atoms with Crippen molar-refractivity contribution in [1.29, 1.82) is 0 Å². The van der Waals surface area contributed by atoms with Crippen LogP contribution in [0.15, 0.2) is 0 Å². The molecule has 0 heterocycles. The molecule has 0 aromatic rings. The van der Waals surface area contributed by atoms with E-state index in [1.807, 2.05) is 0 Å². The van der Waals surface area contributed by atoms with E-state index in [4.69, 9.17) is 4.55 Å². The lowest BCUT2D eigenvalue weighted by atomic mass is 10.4. The molecule has 0 fully saturated rings. The van der Waals surface area contributed by atoms with E-state index in [1.54, 1.807) is 0 Å². The summed E-state index contributed by atoms with van der Waals surface area (Å²) in [5, 5.41) is 18.5. The van der Waals surface area contributed by atoms with Gasteiger partial charge in [-0.1, -0.05) is 0 Å². The molecular weight excluding hydrogens is 266 g/mol. The van der Waals surface area contributed by atoms with Crippen molar-refractivity contribution in [3.05, 3.63) is 0 Å². The Balaban J connectivity index is 3.97. The van der Waals surface area contributed by atoms with E-state index in [0.717, 1.165) is 4.90 Å². The summed E-state index contributed by atoms with van der Waals surface area (Å²) in [7, 11) is -4.05. The highest BCUT2D eigenvalue weighted by Gasteiger charge is 2.20. The van der Waals surface area contributed by atoms with Gasteiger partial charge in [-0.05, 0) is 20.3 Å². The van der Waals surface area contributed by atoms with Crippen LogP contribution in [0, 0.1) is 0 Å². The standard InChI is InChI=1S/C9H19NO7S/c1-7(11)10(8(2)12)6-9(13)17-4-3-5-18(14,15)16/h7-8,11-12H,3-6H2,1-2H3,(H,14,15,16). The van der Waals surface area contributed by atoms with Crippen molar-refractivity contribution in [2.24, 2.45) is 0 Å². The van der Waals surface area contributed by atoms with Crippen LogP contribution < -0.4 is 0 Å². The topological polar surface area (TPSA) is 124 Å². The molecule has 0 aromatic heterocycles. The molecule has 108 valence electrons. The number of nitrogens with zero attached hydrogens (tertiary/aromatic N) is 1. The largest absolute Gasteiger partial charge is 0.465 e. The van der Waals surface area contributed by atoms with Gasteiger partial charge in [-0.3, -0.25) is 9.35 Å². The van der Waals surface area contributed by atoms with Gasteiger partial charge in [0.05, 0.1) is 12.4 Å². The minimum absolute atomic E-state index is 0.0199. The lowest BCUT2D eigenvalue weighted by Crippen LogP contribution is -2.43. The normalized spacial score (nSPS) is 15.4. The summed E-state index contributed by atoms with van der Waals surface area (Å²) < 4.78 is 33.9. The fourth-order valence-corrected chi connectivity index (χ4v) is 1.68. The van der Waals surface area contributed by atoms with Crippen LogP contribution in [0.4, 0.5) is 0 Å². The maximum absolute atomic E-state index is 11.3. The Labute approximate surface area is 106 Å². The second-order valence-electron chi connectivity index (χ2n) is 3.80. The lowest BCUT2D eigenvalue weighted by Gasteiger charge is -2.26. The fourth-order valence-electron chi connectivity index (χ4n) is 1.20. The van der Waals surface area contributed by atoms with Crippen molar-refractivity contribution in [1.82, 2.24) is 4.90 Å². The lowest BCUT2D eigenvalue weighted by molar-refractivity contribution is -0.154. The highest BCUT2D eigenvalue weighted by molar-refractivity contribution is 7.85. The third-order valence-electron chi connectivity index (χ3n) is 2.08. The molecule has 0 spiro atoms. The van der Waals surface area contributed by atoms with Gasteiger partial charge < -0.3 is 14.9 Å². The minimum Gasteiger partial charge on any atom is -0.465 e. The number of ether oxygens (including phenoxy) is 1. The van der Waals surface area contributed by atoms with Crippen LogP contribution in [-0.2, 0) is 19.6 Å². The van der Waals surface area contributed by atoms with Crippen molar-refractivity contribution in [2.45, 2.75) is 32.7 Å². The summed E-state index contributed by atoms with van der Waals surface area (Å²) >= 11 is 0. The van der Waals surface area contributed by atoms with Crippen molar-refractivity contribution in [3.8, 4) is 0 Å². The first-order valence-corrected chi connectivity index (χ1v) is 6.97. The molecule has 0 amide bonds. The molecule has 0 aliphatic heterocycles. The molecule has 0 saturated carbocycles. The first-order chi connectivity index (χ1) is 8.13. The van der Waals surface area contributed by atoms with Crippen molar-refractivity contribution >= 4 is 16.1 Å². The molecule has 2 atom stereocenters. The van der Waals surface area contributed by atoms with Crippen LogP contribution >= 0.6 is 0 Å². The molecule has 8 nitrogen and oxygen atoms in total.